The molecule has 1 aliphatic rings. The number of hydrogen-bond acceptors (Lipinski definition) is 9. The highest BCUT2D eigenvalue weighted by Crippen LogP contribution is 2.38. The molecule has 0 aromatic carbocycles. The Kier molecular flexibility index (Phi) is 5.98. The molecular weight excluding hydrogens is 406 g/mol. The lowest BCUT2D eigenvalue weighted by Gasteiger charge is -2.10. The van der Waals surface area contributed by atoms with E-state index in [-0.39, 0.29) is 0 Å². The number of nitrogens with one attached hydrogen (secondary N) is 1. The molecule has 164 valence electrons. The van der Waals surface area contributed by atoms with Crippen LogP contribution in [0.1, 0.15) is 31.5 Å². The maximum Gasteiger partial charge on any atom is 0.227 e. The molecule has 9 nitrogen and oxygen atoms in total. The standard InChI is InChI=1S/C23H25N7O2/c1-13(2)18-11-16(21(29-18)14-9-19(31-3)22(24)27-12-14)17-6-8-26-23(30-17)28-15-5-7-25-20(10-15)32-4/h5-10,12-13H,11H2,1-4H3,(H2,24,27)(H,25,26,28,30). The van der Waals surface area contributed by atoms with Crippen molar-refractivity contribution in [2.75, 3.05) is 25.3 Å². The number of aliphatic imine (C=N–C) groups is 1. The summed E-state index contributed by atoms with van der Waals surface area (Å²) in [6, 6.07) is 7.34. The molecule has 9 heteroatoms. The van der Waals surface area contributed by atoms with Gasteiger partial charge in [0.05, 0.1) is 25.6 Å². The van der Waals surface area contributed by atoms with Crippen molar-refractivity contribution in [1.29, 1.82) is 0 Å². The Morgan fingerprint density at radius 3 is 2.59 bits per heavy atom. The van der Waals surface area contributed by atoms with Gasteiger partial charge in [0.1, 0.15) is 0 Å². The van der Waals surface area contributed by atoms with Crippen molar-refractivity contribution in [2.45, 2.75) is 20.3 Å². The van der Waals surface area contributed by atoms with Gasteiger partial charge >= 0.3 is 0 Å². The zero-order valence-corrected chi connectivity index (χ0v) is 18.5. The summed E-state index contributed by atoms with van der Waals surface area (Å²) < 4.78 is 10.5. The molecule has 0 bridgehead atoms. The van der Waals surface area contributed by atoms with E-state index in [4.69, 9.17) is 25.2 Å². The van der Waals surface area contributed by atoms with Gasteiger partial charge in [-0.25, -0.2) is 19.9 Å². The van der Waals surface area contributed by atoms with Crippen molar-refractivity contribution in [3.63, 3.8) is 0 Å². The Bertz CT molecular complexity index is 1200. The van der Waals surface area contributed by atoms with Crippen LogP contribution in [0.25, 0.3) is 11.3 Å². The molecule has 0 spiro atoms. The maximum absolute atomic E-state index is 5.90. The summed E-state index contributed by atoms with van der Waals surface area (Å²) in [6.45, 7) is 4.26. The van der Waals surface area contributed by atoms with Gasteiger partial charge in [-0.1, -0.05) is 13.8 Å². The number of rotatable bonds is 7. The highest BCUT2D eigenvalue weighted by atomic mass is 16.5. The molecular formula is C23H25N7O2. The van der Waals surface area contributed by atoms with Gasteiger partial charge in [0.25, 0.3) is 0 Å². The van der Waals surface area contributed by atoms with E-state index in [1.54, 1.807) is 38.9 Å². The van der Waals surface area contributed by atoms with Crippen LogP contribution in [0.2, 0.25) is 0 Å². The van der Waals surface area contributed by atoms with Gasteiger partial charge in [0.2, 0.25) is 11.8 Å². The topological polar surface area (TPSA) is 120 Å². The van der Waals surface area contributed by atoms with E-state index in [0.29, 0.717) is 35.7 Å². The highest BCUT2D eigenvalue weighted by molar-refractivity contribution is 6.10. The van der Waals surface area contributed by atoms with Crippen molar-refractivity contribution in [3.8, 4) is 11.6 Å². The van der Waals surface area contributed by atoms with Crippen LogP contribution in [0.4, 0.5) is 17.5 Å². The third kappa shape index (κ3) is 4.36. The van der Waals surface area contributed by atoms with Gasteiger partial charge in [-0.3, -0.25) is 4.99 Å². The fourth-order valence-electron chi connectivity index (χ4n) is 3.36. The third-order valence-electron chi connectivity index (χ3n) is 5.11. The summed E-state index contributed by atoms with van der Waals surface area (Å²) in [6.07, 6.45) is 5.79. The van der Waals surface area contributed by atoms with E-state index in [1.807, 2.05) is 18.2 Å². The second-order valence-corrected chi connectivity index (χ2v) is 7.55. The molecule has 1 aliphatic heterocycles. The molecule has 32 heavy (non-hydrogen) atoms. The first-order valence-corrected chi connectivity index (χ1v) is 10.2. The highest BCUT2D eigenvalue weighted by Gasteiger charge is 2.24. The van der Waals surface area contributed by atoms with Crippen molar-refractivity contribution in [3.05, 3.63) is 54.1 Å². The van der Waals surface area contributed by atoms with Gasteiger partial charge in [-0.2, -0.15) is 0 Å². The number of methoxy groups -OCH3 is 2. The fourth-order valence-corrected chi connectivity index (χ4v) is 3.36. The van der Waals surface area contributed by atoms with Crippen LogP contribution in [-0.2, 0) is 0 Å². The van der Waals surface area contributed by atoms with Crippen molar-refractivity contribution in [1.82, 2.24) is 19.9 Å². The van der Waals surface area contributed by atoms with E-state index < -0.39 is 0 Å². The van der Waals surface area contributed by atoms with Crippen molar-refractivity contribution >= 4 is 34.4 Å². The number of anilines is 3. The zero-order valence-electron chi connectivity index (χ0n) is 18.5. The van der Waals surface area contributed by atoms with Gasteiger partial charge < -0.3 is 20.5 Å². The van der Waals surface area contributed by atoms with Gasteiger partial charge in [-0.15, -0.1) is 0 Å². The molecule has 3 aromatic rings. The molecule has 0 radical (unpaired) electrons. The summed E-state index contributed by atoms with van der Waals surface area (Å²) >= 11 is 0. The number of nitrogen functional groups attached to an aromatic ring is 1. The lowest BCUT2D eigenvalue weighted by Crippen LogP contribution is -2.05. The predicted molar refractivity (Wildman–Crippen MR) is 125 cm³/mol. The number of allylic oxidation sites excluding steroid dienone is 1. The molecule has 0 atom stereocenters. The molecule has 0 amide bonds. The molecule has 4 rings (SSSR count). The average molecular weight is 432 g/mol. The van der Waals surface area contributed by atoms with E-state index >= 15 is 0 Å². The molecule has 0 aliphatic carbocycles. The predicted octanol–water partition coefficient (Wildman–Crippen LogP) is 3.98. The fraction of sp³-hybridized carbons (Fsp3) is 0.261. The van der Waals surface area contributed by atoms with Gasteiger partial charge in [-0.05, 0) is 24.1 Å². The number of hydrogen-bond donors (Lipinski definition) is 2. The van der Waals surface area contributed by atoms with Crippen LogP contribution in [0, 0.1) is 5.92 Å². The molecule has 0 saturated heterocycles. The number of ether oxygens (including phenoxy) is 2. The normalized spacial score (nSPS) is 13.3. The summed E-state index contributed by atoms with van der Waals surface area (Å²) in [5.74, 6) is 2.13. The molecule has 0 saturated carbocycles. The van der Waals surface area contributed by atoms with E-state index in [0.717, 1.165) is 33.9 Å². The van der Waals surface area contributed by atoms with Gasteiger partial charge in [0, 0.05) is 53.6 Å². The number of pyridine rings is 2. The summed E-state index contributed by atoms with van der Waals surface area (Å²) in [4.78, 5) is 22.4. The summed E-state index contributed by atoms with van der Waals surface area (Å²) in [7, 11) is 3.14. The number of aromatic nitrogens is 4. The Balaban J connectivity index is 1.73. The van der Waals surface area contributed by atoms with Crippen LogP contribution in [0.5, 0.6) is 11.6 Å². The first kappa shape index (κ1) is 21.2. The Morgan fingerprint density at radius 1 is 1.03 bits per heavy atom. The number of nitrogens with zero attached hydrogens (tertiary/aromatic N) is 5. The van der Waals surface area contributed by atoms with E-state index in [9.17, 15) is 0 Å². The smallest absolute Gasteiger partial charge is 0.227 e. The first-order valence-electron chi connectivity index (χ1n) is 10.2. The second kappa shape index (κ2) is 9.01. The molecule has 0 unspecified atom stereocenters. The Labute approximate surface area is 186 Å². The van der Waals surface area contributed by atoms with Crippen LogP contribution in [0.15, 0.2) is 47.8 Å². The molecule has 3 N–H and O–H groups in total. The van der Waals surface area contributed by atoms with Crippen molar-refractivity contribution < 1.29 is 9.47 Å². The first-order chi connectivity index (χ1) is 15.5. The lowest BCUT2D eigenvalue weighted by atomic mass is 9.98. The minimum atomic E-state index is 0.301. The lowest BCUT2D eigenvalue weighted by molar-refractivity contribution is 0.398. The molecule has 4 heterocycles. The largest absolute Gasteiger partial charge is 0.493 e. The average Bonchev–Trinajstić information content (AvgIpc) is 3.26. The minimum absolute atomic E-state index is 0.301. The SMILES string of the molecule is COc1cc(Nc2nccc(C3=C(c4cnc(N)c(OC)c4)N=C(C(C)C)C3)n2)ccn1. The maximum atomic E-state index is 5.90. The monoisotopic (exact) mass is 431 g/mol. The van der Waals surface area contributed by atoms with Crippen LogP contribution >= 0.6 is 0 Å². The quantitative estimate of drug-likeness (QED) is 0.576. The van der Waals surface area contributed by atoms with E-state index in [2.05, 4.69) is 34.1 Å². The molecule has 0 fully saturated rings. The van der Waals surface area contributed by atoms with Crippen LogP contribution in [-0.4, -0.2) is 39.9 Å². The second-order valence-electron chi connectivity index (χ2n) is 7.55. The van der Waals surface area contributed by atoms with Crippen LogP contribution < -0.4 is 20.5 Å². The number of nitrogens with two attached hydrogens (primary N) is 1. The Hall–Kier alpha value is -4.01. The summed E-state index contributed by atoms with van der Waals surface area (Å²) in [5.41, 5.74) is 11.2. The minimum Gasteiger partial charge on any atom is -0.493 e. The Morgan fingerprint density at radius 2 is 1.84 bits per heavy atom. The zero-order chi connectivity index (χ0) is 22.7. The summed E-state index contributed by atoms with van der Waals surface area (Å²) in [5, 5.41) is 3.21. The van der Waals surface area contributed by atoms with Gasteiger partial charge in [0.15, 0.2) is 11.6 Å². The van der Waals surface area contributed by atoms with Crippen LogP contribution in [0.3, 0.4) is 0 Å². The third-order valence-corrected chi connectivity index (χ3v) is 5.11. The van der Waals surface area contributed by atoms with Crippen molar-refractivity contribution in [2.24, 2.45) is 10.9 Å². The molecule has 3 aromatic heterocycles. The van der Waals surface area contributed by atoms with E-state index in [1.165, 1.54) is 0 Å².